The van der Waals surface area contributed by atoms with Gasteiger partial charge >= 0.3 is 0 Å². The van der Waals surface area contributed by atoms with Crippen LogP contribution in [0.3, 0.4) is 0 Å². The summed E-state index contributed by atoms with van der Waals surface area (Å²) in [5.74, 6) is -0.149. The second-order valence-electron chi connectivity index (χ2n) is 2.78. The van der Waals surface area contributed by atoms with E-state index in [9.17, 15) is 13.9 Å². The molecule has 2 nitrogen and oxygen atoms in total. The third kappa shape index (κ3) is 3.29. The van der Waals surface area contributed by atoms with E-state index in [-0.39, 0.29) is 28.2 Å². The molecule has 0 amide bonds. The Morgan fingerprint density at radius 2 is 1.69 bits per heavy atom. The number of benzene rings is 1. The van der Waals surface area contributed by atoms with Gasteiger partial charge < -0.3 is 10.8 Å². The first kappa shape index (κ1) is 16.6. The van der Waals surface area contributed by atoms with Crippen molar-refractivity contribution in [3.05, 3.63) is 25.0 Å². The Hall–Kier alpha value is 0.570. The van der Waals surface area contributed by atoms with Gasteiger partial charge in [-0.3, -0.25) is 0 Å². The normalized spacial score (nSPS) is 12.4. The van der Waals surface area contributed by atoms with Crippen LogP contribution in [0.15, 0.2) is 19.5 Å². The van der Waals surface area contributed by atoms with Crippen LogP contribution in [0.25, 0.3) is 0 Å². The summed E-state index contributed by atoms with van der Waals surface area (Å²) in [6.07, 6.45) is -2.70. The standard InChI is InChI=1S/C8H6Br3F2NO.ClH/c9-2-1-3(10)7(15)5(11)4(2)6(14)8(12)13;/h1,6,8,15H,14H2;1H/t6-;/m0./s1. The van der Waals surface area contributed by atoms with E-state index in [0.29, 0.717) is 8.95 Å². The van der Waals surface area contributed by atoms with E-state index < -0.39 is 12.5 Å². The average molecular weight is 446 g/mol. The van der Waals surface area contributed by atoms with Crippen molar-refractivity contribution in [2.75, 3.05) is 0 Å². The van der Waals surface area contributed by atoms with Crippen molar-refractivity contribution in [1.29, 1.82) is 0 Å². The highest BCUT2D eigenvalue weighted by molar-refractivity contribution is 9.11. The van der Waals surface area contributed by atoms with E-state index in [1.54, 1.807) is 0 Å². The molecule has 0 bridgehead atoms. The highest BCUT2D eigenvalue weighted by Gasteiger charge is 2.25. The zero-order valence-electron chi connectivity index (χ0n) is 7.55. The molecule has 0 radical (unpaired) electrons. The Morgan fingerprint density at radius 1 is 1.19 bits per heavy atom. The lowest BCUT2D eigenvalue weighted by atomic mass is 10.1. The predicted octanol–water partition coefficient (Wildman–Crippen LogP) is 4.37. The van der Waals surface area contributed by atoms with Gasteiger partial charge in [0.25, 0.3) is 6.43 Å². The van der Waals surface area contributed by atoms with Crippen molar-refractivity contribution in [2.24, 2.45) is 5.73 Å². The second kappa shape index (κ2) is 6.49. The number of alkyl halides is 2. The SMILES string of the molecule is Cl.N[C@@H](c1c(Br)cc(Br)c(O)c1Br)C(F)F. The molecule has 0 aliphatic carbocycles. The molecule has 1 aromatic carbocycles. The Balaban J connectivity index is 0.00000225. The minimum absolute atomic E-state index is 0. The molecule has 1 rings (SSSR count). The first-order valence-corrected chi connectivity index (χ1v) is 6.14. The highest BCUT2D eigenvalue weighted by Crippen LogP contribution is 2.42. The number of aromatic hydroxyl groups is 1. The highest BCUT2D eigenvalue weighted by atomic mass is 79.9. The molecule has 0 saturated carbocycles. The van der Waals surface area contributed by atoms with Crippen LogP contribution in [-0.4, -0.2) is 11.5 Å². The van der Waals surface area contributed by atoms with E-state index in [0.717, 1.165) is 0 Å². The Labute approximate surface area is 122 Å². The summed E-state index contributed by atoms with van der Waals surface area (Å²) in [6, 6.07) is 0.0187. The number of halogens is 6. The maximum absolute atomic E-state index is 12.4. The molecule has 16 heavy (non-hydrogen) atoms. The van der Waals surface area contributed by atoms with Crippen molar-refractivity contribution in [1.82, 2.24) is 0 Å². The zero-order chi connectivity index (χ0) is 11.7. The Bertz CT molecular complexity index is 392. The van der Waals surface area contributed by atoms with E-state index >= 15 is 0 Å². The fraction of sp³-hybridized carbons (Fsp3) is 0.250. The fourth-order valence-electron chi connectivity index (χ4n) is 1.03. The van der Waals surface area contributed by atoms with Crippen LogP contribution in [0.2, 0.25) is 0 Å². The molecular weight excluding hydrogens is 439 g/mol. The van der Waals surface area contributed by atoms with Crippen molar-refractivity contribution in [2.45, 2.75) is 12.5 Å². The molecule has 92 valence electrons. The minimum Gasteiger partial charge on any atom is -0.506 e. The first-order chi connectivity index (χ1) is 6.86. The summed E-state index contributed by atoms with van der Waals surface area (Å²) in [4.78, 5) is 0. The third-order valence-electron chi connectivity index (χ3n) is 1.79. The topological polar surface area (TPSA) is 46.2 Å². The van der Waals surface area contributed by atoms with E-state index in [4.69, 9.17) is 5.73 Å². The lowest BCUT2D eigenvalue weighted by molar-refractivity contribution is 0.115. The molecule has 1 aromatic rings. The lowest BCUT2D eigenvalue weighted by Gasteiger charge is -2.16. The van der Waals surface area contributed by atoms with Crippen LogP contribution >= 0.6 is 60.2 Å². The van der Waals surface area contributed by atoms with Gasteiger partial charge in [0, 0.05) is 10.0 Å². The predicted molar refractivity (Wildman–Crippen MR) is 71.4 cm³/mol. The molecular formula is C8H7Br3ClF2NO. The van der Waals surface area contributed by atoms with Gasteiger partial charge in [0.15, 0.2) is 0 Å². The quantitative estimate of drug-likeness (QED) is 0.709. The van der Waals surface area contributed by atoms with Crippen LogP contribution in [-0.2, 0) is 0 Å². The Morgan fingerprint density at radius 3 is 2.12 bits per heavy atom. The number of nitrogens with two attached hydrogens (primary N) is 1. The van der Waals surface area contributed by atoms with Crippen molar-refractivity contribution < 1.29 is 13.9 Å². The van der Waals surface area contributed by atoms with Gasteiger partial charge in [-0.25, -0.2) is 8.78 Å². The molecule has 0 heterocycles. The molecule has 0 spiro atoms. The van der Waals surface area contributed by atoms with Crippen molar-refractivity contribution in [3.63, 3.8) is 0 Å². The van der Waals surface area contributed by atoms with Gasteiger partial charge in [-0.15, -0.1) is 12.4 Å². The molecule has 0 aromatic heterocycles. The average Bonchev–Trinajstić information content (AvgIpc) is 2.14. The molecule has 8 heteroatoms. The van der Waals surface area contributed by atoms with E-state index in [1.807, 2.05) is 0 Å². The monoisotopic (exact) mass is 443 g/mol. The van der Waals surface area contributed by atoms with Gasteiger partial charge in [0.1, 0.15) is 5.75 Å². The van der Waals surface area contributed by atoms with Crippen LogP contribution in [0.4, 0.5) is 8.78 Å². The van der Waals surface area contributed by atoms with Crippen LogP contribution in [0.5, 0.6) is 5.75 Å². The summed E-state index contributed by atoms with van der Waals surface area (Å²) >= 11 is 9.22. The maximum atomic E-state index is 12.4. The summed E-state index contributed by atoms with van der Waals surface area (Å²) in [5.41, 5.74) is 5.47. The number of phenols is 1. The van der Waals surface area contributed by atoms with Gasteiger partial charge in [0.05, 0.1) is 15.0 Å². The molecule has 3 N–H and O–H groups in total. The molecule has 0 aliphatic rings. The number of phenolic OH excluding ortho intramolecular Hbond substituents is 1. The maximum Gasteiger partial charge on any atom is 0.257 e. The molecule has 0 fully saturated rings. The van der Waals surface area contributed by atoms with Crippen molar-refractivity contribution in [3.8, 4) is 5.75 Å². The second-order valence-corrected chi connectivity index (χ2v) is 5.28. The number of hydrogen-bond donors (Lipinski definition) is 2. The Kier molecular flexibility index (Phi) is 6.72. The largest absolute Gasteiger partial charge is 0.506 e. The summed E-state index contributed by atoms with van der Waals surface area (Å²) in [5, 5.41) is 9.53. The smallest absolute Gasteiger partial charge is 0.257 e. The van der Waals surface area contributed by atoms with Crippen LogP contribution < -0.4 is 5.73 Å². The van der Waals surface area contributed by atoms with Gasteiger partial charge in [-0.2, -0.15) is 0 Å². The van der Waals surface area contributed by atoms with Gasteiger partial charge in [-0.05, 0) is 37.9 Å². The molecule has 0 unspecified atom stereocenters. The summed E-state index contributed by atoms with van der Waals surface area (Å²) < 4.78 is 25.9. The van der Waals surface area contributed by atoms with Crippen molar-refractivity contribution >= 4 is 60.2 Å². The lowest BCUT2D eigenvalue weighted by Crippen LogP contribution is -2.20. The first-order valence-electron chi connectivity index (χ1n) is 3.76. The number of hydrogen-bond acceptors (Lipinski definition) is 2. The van der Waals surface area contributed by atoms with Crippen LogP contribution in [0.1, 0.15) is 11.6 Å². The zero-order valence-corrected chi connectivity index (χ0v) is 13.1. The fourth-order valence-corrected chi connectivity index (χ4v) is 3.68. The van der Waals surface area contributed by atoms with Crippen LogP contribution in [0, 0.1) is 0 Å². The third-order valence-corrected chi connectivity index (χ3v) is 3.85. The molecule has 1 atom stereocenters. The van der Waals surface area contributed by atoms with Gasteiger partial charge in [0.2, 0.25) is 0 Å². The summed E-state index contributed by atoms with van der Waals surface area (Å²) in [6.45, 7) is 0. The molecule has 0 saturated heterocycles. The minimum atomic E-state index is -2.70. The van der Waals surface area contributed by atoms with E-state index in [2.05, 4.69) is 47.8 Å². The van der Waals surface area contributed by atoms with E-state index in [1.165, 1.54) is 6.07 Å². The van der Waals surface area contributed by atoms with Gasteiger partial charge in [-0.1, -0.05) is 15.9 Å². The number of rotatable bonds is 2. The summed E-state index contributed by atoms with van der Waals surface area (Å²) in [7, 11) is 0. The molecule has 0 aliphatic heterocycles.